The minimum absolute atomic E-state index is 0.450. The highest BCUT2D eigenvalue weighted by Gasteiger charge is 2.01. The third-order valence-electron chi connectivity index (χ3n) is 2.97. The topological polar surface area (TPSA) is 35.2 Å². The standard InChI is InChI=1S/C14H31NO/c1-3-4-5-8-11-14(2)16-13-10-7-6-9-12-15/h14H,3-13,15H2,1-2H3. The summed E-state index contributed by atoms with van der Waals surface area (Å²) in [5.41, 5.74) is 5.44. The Bertz CT molecular complexity index is 128. The summed E-state index contributed by atoms with van der Waals surface area (Å²) in [6.07, 6.45) is 11.9. The molecule has 0 aliphatic rings. The zero-order chi connectivity index (χ0) is 12.1. The van der Waals surface area contributed by atoms with E-state index >= 15 is 0 Å². The third-order valence-corrected chi connectivity index (χ3v) is 2.97. The third kappa shape index (κ3) is 12.0. The molecular formula is C14H31NO. The van der Waals surface area contributed by atoms with Crippen LogP contribution in [0.25, 0.3) is 0 Å². The first-order valence-electron chi connectivity index (χ1n) is 7.13. The molecule has 0 aliphatic carbocycles. The van der Waals surface area contributed by atoms with Crippen molar-refractivity contribution >= 4 is 0 Å². The van der Waals surface area contributed by atoms with Gasteiger partial charge in [-0.15, -0.1) is 0 Å². The second kappa shape index (κ2) is 13.0. The van der Waals surface area contributed by atoms with E-state index in [4.69, 9.17) is 10.5 Å². The molecule has 0 aliphatic heterocycles. The molecule has 0 aromatic rings. The van der Waals surface area contributed by atoms with Crippen molar-refractivity contribution in [1.29, 1.82) is 0 Å². The molecule has 2 N–H and O–H groups in total. The van der Waals surface area contributed by atoms with E-state index in [1.807, 2.05) is 0 Å². The van der Waals surface area contributed by atoms with Crippen molar-refractivity contribution < 1.29 is 4.74 Å². The lowest BCUT2D eigenvalue weighted by Crippen LogP contribution is -2.09. The van der Waals surface area contributed by atoms with Gasteiger partial charge in [0.25, 0.3) is 0 Å². The molecule has 0 amide bonds. The maximum absolute atomic E-state index is 5.77. The molecule has 0 aromatic heterocycles. The van der Waals surface area contributed by atoms with Gasteiger partial charge in [-0.1, -0.05) is 45.4 Å². The van der Waals surface area contributed by atoms with Crippen LogP contribution in [0.5, 0.6) is 0 Å². The Morgan fingerprint density at radius 2 is 1.62 bits per heavy atom. The average molecular weight is 229 g/mol. The fourth-order valence-corrected chi connectivity index (χ4v) is 1.83. The Hall–Kier alpha value is -0.0800. The van der Waals surface area contributed by atoms with Gasteiger partial charge in [0.15, 0.2) is 0 Å². The van der Waals surface area contributed by atoms with Gasteiger partial charge in [0.1, 0.15) is 0 Å². The van der Waals surface area contributed by atoms with Crippen molar-refractivity contribution in [2.45, 2.75) is 77.7 Å². The van der Waals surface area contributed by atoms with E-state index in [1.54, 1.807) is 0 Å². The summed E-state index contributed by atoms with van der Waals surface area (Å²) < 4.78 is 5.77. The van der Waals surface area contributed by atoms with Crippen molar-refractivity contribution in [3.05, 3.63) is 0 Å². The maximum Gasteiger partial charge on any atom is 0.0547 e. The number of rotatable bonds is 12. The van der Waals surface area contributed by atoms with Crippen LogP contribution in [0, 0.1) is 0 Å². The van der Waals surface area contributed by atoms with Crippen LogP contribution >= 0.6 is 0 Å². The van der Waals surface area contributed by atoms with Gasteiger partial charge < -0.3 is 10.5 Å². The van der Waals surface area contributed by atoms with Crippen LogP contribution in [0.3, 0.4) is 0 Å². The Morgan fingerprint density at radius 3 is 2.31 bits per heavy atom. The lowest BCUT2D eigenvalue weighted by molar-refractivity contribution is 0.0557. The first-order valence-corrected chi connectivity index (χ1v) is 7.13. The van der Waals surface area contributed by atoms with Crippen molar-refractivity contribution in [1.82, 2.24) is 0 Å². The van der Waals surface area contributed by atoms with Gasteiger partial charge in [0.05, 0.1) is 6.10 Å². The lowest BCUT2D eigenvalue weighted by Gasteiger charge is -2.12. The van der Waals surface area contributed by atoms with Gasteiger partial charge >= 0.3 is 0 Å². The first kappa shape index (κ1) is 15.9. The monoisotopic (exact) mass is 229 g/mol. The smallest absolute Gasteiger partial charge is 0.0547 e. The van der Waals surface area contributed by atoms with E-state index in [2.05, 4.69) is 13.8 Å². The maximum atomic E-state index is 5.77. The van der Waals surface area contributed by atoms with E-state index in [1.165, 1.54) is 51.4 Å². The Labute approximate surface area is 102 Å². The summed E-state index contributed by atoms with van der Waals surface area (Å²) in [4.78, 5) is 0. The van der Waals surface area contributed by atoms with E-state index in [0.29, 0.717) is 6.10 Å². The minimum Gasteiger partial charge on any atom is -0.379 e. The molecule has 0 aromatic carbocycles. The van der Waals surface area contributed by atoms with Crippen LogP contribution in [0.2, 0.25) is 0 Å². The molecule has 0 rings (SSSR count). The van der Waals surface area contributed by atoms with Crippen LogP contribution in [0.4, 0.5) is 0 Å². The first-order chi connectivity index (χ1) is 7.81. The number of hydrogen-bond donors (Lipinski definition) is 1. The van der Waals surface area contributed by atoms with Crippen LogP contribution in [0.15, 0.2) is 0 Å². The second-order valence-corrected chi connectivity index (χ2v) is 4.73. The molecule has 16 heavy (non-hydrogen) atoms. The molecular weight excluding hydrogens is 198 g/mol. The highest BCUT2D eigenvalue weighted by Crippen LogP contribution is 2.08. The summed E-state index contributed by atoms with van der Waals surface area (Å²) in [5, 5.41) is 0. The molecule has 0 saturated heterocycles. The summed E-state index contributed by atoms with van der Waals surface area (Å²) in [5.74, 6) is 0. The largest absolute Gasteiger partial charge is 0.379 e. The molecule has 1 unspecified atom stereocenters. The second-order valence-electron chi connectivity index (χ2n) is 4.73. The highest BCUT2D eigenvalue weighted by molar-refractivity contribution is 4.52. The zero-order valence-corrected chi connectivity index (χ0v) is 11.3. The summed E-state index contributed by atoms with van der Waals surface area (Å²) in [6, 6.07) is 0. The molecule has 2 heteroatoms. The summed E-state index contributed by atoms with van der Waals surface area (Å²) in [7, 11) is 0. The fourth-order valence-electron chi connectivity index (χ4n) is 1.83. The van der Waals surface area contributed by atoms with Gasteiger partial charge in [-0.05, 0) is 32.7 Å². The van der Waals surface area contributed by atoms with E-state index < -0.39 is 0 Å². The predicted octanol–water partition coefficient (Wildman–Crippen LogP) is 3.88. The quantitative estimate of drug-likeness (QED) is 0.515. The highest BCUT2D eigenvalue weighted by atomic mass is 16.5. The van der Waals surface area contributed by atoms with Crippen molar-refractivity contribution in [3.63, 3.8) is 0 Å². The number of unbranched alkanes of at least 4 members (excludes halogenated alkanes) is 6. The summed E-state index contributed by atoms with van der Waals surface area (Å²) >= 11 is 0. The molecule has 0 fully saturated rings. The summed E-state index contributed by atoms with van der Waals surface area (Å²) in [6.45, 7) is 6.21. The molecule has 98 valence electrons. The van der Waals surface area contributed by atoms with E-state index in [0.717, 1.165) is 19.6 Å². The SMILES string of the molecule is CCCCCCC(C)OCCCCCCN. The van der Waals surface area contributed by atoms with E-state index in [9.17, 15) is 0 Å². The van der Waals surface area contributed by atoms with Crippen molar-refractivity contribution in [2.75, 3.05) is 13.2 Å². The van der Waals surface area contributed by atoms with Gasteiger partial charge in [-0.25, -0.2) is 0 Å². The fraction of sp³-hybridized carbons (Fsp3) is 1.00. The van der Waals surface area contributed by atoms with E-state index in [-0.39, 0.29) is 0 Å². The van der Waals surface area contributed by atoms with Crippen LogP contribution < -0.4 is 5.73 Å². The molecule has 0 heterocycles. The van der Waals surface area contributed by atoms with Gasteiger partial charge in [-0.3, -0.25) is 0 Å². The van der Waals surface area contributed by atoms with Gasteiger partial charge in [0.2, 0.25) is 0 Å². The van der Waals surface area contributed by atoms with Crippen LogP contribution in [0.1, 0.15) is 71.6 Å². The molecule has 1 atom stereocenters. The van der Waals surface area contributed by atoms with Crippen LogP contribution in [-0.2, 0) is 4.74 Å². The van der Waals surface area contributed by atoms with Crippen LogP contribution in [-0.4, -0.2) is 19.3 Å². The zero-order valence-electron chi connectivity index (χ0n) is 11.3. The molecule has 0 saturated carbocycles. The number of ether oxygens (including phenoxy) is 1. The minimum atomic E-state index is 0.450. The Morgan fingerprint density at radius 1 is 0.938 bits per heavy atom. The molecule has 0 spiro atoms. The lowest BCUT2D eigenvalue weighted by atomic mass is 10.1. The van der Waals surface area contributed by atoms with Gasteiger partial charge in [-0.2, -0.15) is 0 Å². The number of nitrogens with two attached hydrogens (primary N) is 1. The van der Waals surface area contributed by atoms with Gasteiger partial charge in [0, 0.05) is 6.61 Å². The Kier molecular flexibility index (Phi) is 12.9. The molecule has 2 nitrogen and oxygen atoms in total. The van der Waals surface area contributed by atoms with Crippen molar-refractivity contribution in [2.24, 2.45) is 5.73 Å². The average Bonchev–Trinajstić information content (AvgIpc) is 2.29. The normalized spacial score (nSPS) is 12.9. The number of hydrogen-bond acceptors (Lipinski definition) is 2. The Balaban J connectivity index is 3.08. The predicted molar refractivity (Wildman–Crippen MR) is 71.7 cm³/mol. The van der Waals surface area contributed by atoms with Crippen molar-refractivity contribution in [3.8, 4) is 0 Å². The molecule has 0 bridgehead atoms. The molecule has 0 radical (unpaired) electrons.